The quantitative estimate of drug-likeness (QED) is 0.694. The van der Waals surface area contributed by atoms with Gasteiger partial charge in [0.15, 0.2) is 0 Å². The van der Waals surface area contributed by atoms with Crippen LogP contribution < -0.4 is 0 Å². The zero-order valence-electron chi connectivity index (χ0n) is 7.50. The van der Waals surface area contributed by atoms with Crippen LogP contribution in [0.2, 0.25) is 5.15 Å². The average molecular weight is 195 g/mol. The molecule has 0 saturated carbocycles. The first kappa shape index (κ1) is 10.0. The minimum Gasteiger partial charge on any atom is -0.244 e. The third-order valence-electron chi connectivity index (χ3n) is 1.89. The molecule has 0 aliphatic rings. The van der Waals surface area contributed by atoms with Gasteiger partial charge in [0.05, 0.1) is 12.0 Å². The van der Waals surface area contributed by atoms with E-state index in [1.807, 2.05) is 6.07 Å². The summed E-state index contributed by atoms with van der Waals surface area (Å²) < 4.78 is 0. The summed E-state index contributed by atoms with van der Waals surface area (Å²) in [5, 5.41) is 9.34. The highest BCUT2D eigenvalue weighted by Gasteiger charge is 2.08. The molecular weight excluding hydrogens is 184 g/mol. The van der Waals surface area contributed by atoms with Gasteiger partial charge in [-0.1, -0.05) is 31.0 Å². The molecule has 0 N–H and O–H groups in total. The molecule has 68 valence electrons. The Morgan fingerprint density at radius 3 is 2.85 bits per heavy atom. The molecule has 2 nitrogen and oxygen atoms in total. The van der Waals surface area contributed by atoms with Gasteiger partial charge in [0, 0.05) is 6.20 Å². The summed E-state index contributed by atoms with van der Waals surface area (Å²) in [5.74, 6) is -0.0465. The van der Waals surface area contributed by atoms with Gasteiger partial charge in [-0.25, -0.2) is 4.98 Å². The summed E-state index contributed by atoms with van der Waals surface area (Å²) in [6.45, 7) is 2.06. The standard InChI is InChI=1S/C10H11ClN2/c1-2-3-8(6-12)9-4-5-10(11)13-7-9/h4-5,7-8H,2-3H2,1H3. The summed E-state index contributed by atoms with van der Waals surface area (Å²) >= 11 is 5.64. The molecule has 13 heavy (non-hydrogen) atoms. The lowest BCUT2D eigenvalue weighted by Crippen LogP contribution is -1.95. The number of aromatic nitrogens is 1. The number of halogens is 1. The maximum atomic E-state index is 8.87. The van der Waals surface area contributed by atoms with Crippen molar-refractivity contribution in [3.05, 3.63) is 29.0 Å². The Hall–Kier alpha value is -1.07. The second-order valence-electron chi connectivity index (χ2n) is 2.88. The molecule has 1 rings (SSSR count). The first-order valence-corrected chi connectivity index (χ1v) is 4.66. The number of hydrogen-bond donors (Lipinski definition) is 0. The van der Waals surface area contributed by atoms with Gasteiger partial charge in [-0.15, -0.1) is 0 Å². The molecular formula is C10H11ClN2. The van der Waals surface area contributed by atoms with Crippen molar-refractivity contribution in [1.82, 2.24) is 4.98 Å². The highest BCUT2D eigenvalue weighted by atomic mass is 35.5. The summed E-state index contributed by atoms with van der Waals surface area (Å²) in [5.41, 5.74) is 0.953. The van der Waals surface area contributed by atoms with Crippen LogP contribution in [0, 0.1) is 11.3 Å². The molecule has 1 atom stereocenters. The summed E-state index contributed by atoms with van der Waals surface area (Å²) in [6, 6.07) is 5.83. The number of rotatable bonds is 3. The fraction of sp³-hybridized carbons (Fsp3) is 0.400. The van der Waals surface area contributed by atoms with Crippen molar-refractivity contribution in [2.24, 2.45) is 0 Å². The fourth-order valence-corrected chi connectivity index (χ4v) is 1.30. The molecule has 1 aromatic heterocycles. The summed E-state index contributed by atoms with van der Waals surface area (Å²) in [6.07, 6.45) is 3.55. The smallest absolute Gasteiger partial charge is 0.129 e. The SMILES string of the molecule is CCCC(C#N)c1ccc(Cl)nc1. The van der Waals surface area contributed by atoms with Crippen LogP contribution in [0.4, 0.5) is 0 Å². The number of pyridine rings is 1. The molecule has 0 bridgehead atoms. The fourth-order valence-electron chi connectivity index (χ4n) is 1.19. The molecule has 1 aromatic rings. The van der Waals surface area contributed by atoms with E-state index in [0.717, 1.165) is 18.4 Å². The number of nitrogens with zero attached hydrogens (tertiary/aromatic N) is 2. The van der Waals surface area contributed by atoms with E-state index in [2.05, 4.69) is 18.0 Å². The largest absolute Gasteiger partial charge is 0.244 e. The van der Waals surface area contributed by atoms with Crippen LogP contribution >= 0.6 is 11.6 Å². The molecule has 0 fully saturated rings. The lowest BCUT2D eigenvalue weighted by atomic mass is 9.98. The summed E-state index contributed by atoms with van der Waals surface area (Å²) in [7, 11) is 0. The number of nitriles is 1. The van der Waals surface area contributed by atoms with Crippen LogP contribution in [0.25, 0.3) is 0 Å². The Bertz CT molecular complexity index is 300. The van der Waals surface area contributed by atoms with Gasteiger partial charge in [0.2, 0.25) is 0 Å². The molecule has 3 heteroatoms. The van der Waals surface area contributed by atoms with Crippen molar-refractivity contribution in [3.8, 4) is 6.07 Å². The van der Waals surface area contributed by atoms with E-state index in [4.69, 9.17) is 16.9 Å². The molecule has 0 aliphatic carbocycles. The second-order valence-corrected chi connectivity index (χ2v) is 3.27. The summed E-state index contributed by atoms with van der Waals surface area (Å²) in [4.78, 5) is 3.94. The van der Waals surface area contributed by atoms with Crippen molar-refractivity contribution in [3.63, 3.8) is 0 Å². The lowest BCUT2D eigenvalue weighted by molar-refractivity contribution is 0.724. The third kappa shape index (κ3) is 2.71. The maximum Gasteiger partial charge on any atom is 0.129 e. The van der Waals surface area contributed by atoms with Gasteiger partial charge >= 0.3 is 0 Å². The Morgan fingerprint density at radius 2 is 2.38 bits per heavy atom. The molecule has 1 heterocycles. The Kier molecular flexibility index (Phi) is 3.72. The van der Waals surface area contributed by atoms with Crippen molar-refractivity contribution in [2.75, 3.05) is 0 Å². The minimum absolute atomic E-state index is 0.0465. The molecule has 0 aromatic carbocycles. The molecule has 0 spiro atoms. The Morgan fingerprint density at radius 1 is 1.62 bits per heavy atom. The first-order chi connectivity index (χ1) is 6.27. The van der Waals surface area contributed by atoms with E-state index in [-0.39, 0.29) is 5.92 Å². The van der Waals surface area contributed by atoms with Crippen LogP contribution in [0.3, 0.4) is 0 Å². The van der Waals surface area contributed by atoms with Crippen molar-refractivity contribution in [1.29, 1.82) is 5.26 Å². The van der Waals surface area contributed by atoms with Gasteiger partial charge < -0.3 is 0 Å². The van der Waals surface area contributed by atoms with E-state index in [9.17, 15) is 0 Å². The van der Waals surface area contributed by atoms with Crippen molar-refractivity contribution >= 4 is 11.6 Å². The normalized spacial score (nSPS) is 12.1. The monoisotopic (exact) mass is 194 g/mol. The maximum absolute atomic E-state index is 8.87. The Balaban J connectivity index is 2.81. The van der Waals surface area contributed by atoms with Gasteiger partial charge in [-0.2, -0.15) is 5.26 Å². The van der Waals surface area contributed by atoms with E-state index in [1.54, 1.807) is 12.3 Å². The molecule has 0 saturated heterocycles. The van der Waals surface area contributed by atoms with Gasteiger partial charge in [-0.3, -0.25) is 0 Å². The molecule has 0 aliphatic heterocycles. The van der Waals surface area contributed by atoms with E-state index < -0.39 is 0 Å². The average Bonchev–Trinajstić information content (AvgIpc) is 2.16. The van der Waals surface area contributed by atoms with Gasteiger partial charge in [0.1, 0.15) is 5.15 Å². The lowest BCUT2D eigenvalue weighted by Gasteiger charge is -2.06. The Labute approximate surface area is 83.2 Å². The van der Waals surface area contributed by atoms with Crippen molar-refractivity contribution < 1.29 is 0 Å². The van der Waals surface area contributed by atoms with Gasteiger partial charge in [-0.05, 0) is 18.1 Å². The van der Waals surface area contributed by atoms with Crippen LogP contribution in [0.15, 0.2) is 18.3 Å². The molecule has 0 radical (unpaired) electrons. The zero-order chi connectivity index (χ0) is 9.68. The topological polar surface area (TPSA) is 36.7 Å². The van der Waals surface area contributed by atoms with E-state index >= 15 is 0 Å². The number of hydrogen-bond acceptors (Lipinski definition) is 2. The predicted octanol–water partition coefficient (Wildman–Crippen LogP) is 3.14. The minimum atomic E-state index is -0.0465. The van der Waals surface area contributed by atoms with E-state index in [1.165, 1.54) is 0 Å². The molecule has 1 unspecified atom stereocenters. The third-order valence-corrected chi connectivity index (χ3v) is 2.11. The second kappa shape index (κ2) is 4.84. The highest BCUT2D eigenvalue weighted by molar-refractivity contribution is 6.29. The van der Waals surface area contributed by atoms with Gasteiger partial charge in [0.25, 0.3) is 0 Å². The van der Waals surface area contributed by atoms with E-state index in [0.29, 0.717) is 5.15 Å². The van der Waals surface area contributed by atoms with Crippen molar-refractivity contribution in [2.45, 2.75) is 25.7 Å². The van der Waals surface area contributed by atoms with Crippen LogP contribution in [0.1, 0.15) is 31.2 Å². The van der Waals surface area contributed by atoms with Crippen LogP contribution in [0.5, 0.6) is 0 Å². The van der Waals surface area contributed by atoms with Crippen LogP contribution in [-0.4, -0.2) is 4.98 Å². The molecule has 0 amide bonds. The first-order valence-electron chi connectivity index (χ1n) is 4.29. The van der Waals surface area contributed by atoms with Crippen LogP contribution in [-0.2, 0) is 0 Å². The highest BCUT2D eigenvalue weighted by Crippen LogP contribution is 2.20. The zero-order valence-corrected chi connectivity index (χ0v) is 8.25. The predicted molar refractivity (Wildman–Crippen MR) is 52.5 cm³/mol.